The first-order valence-electron chi connectivity index (χ1n) is 7.94. The Morgan fingerprint density at radius 1 is 1.30 bits per heavy atom. The van der Waals surface area contributed by atoms with Gasteiger partial charge in [-0.1, -0.05) is 30.3 Å². The average Bonchev–Trinajstić information content (AvgIpc) is 3.15. The van der Waals surface area contributed by atoms with E-state index in [4.69, 9.17) is 9.15 Å². The van der Waals surface area contributed by atoms with Gasteiger partial charge in [0.25, 0.3) is 0 Å². The van der Waals surface area contributed by atoms with Gasteiger partial charge in [0.1, 0.15) is 23.6 Å². The summed E-state index contributed by atoms with van der Waals surface area (Å²) in [5.41, 5.74) is 1.29. The normalized spacial score (nSPS) is 18.2. The van der Waals surface area contributed by atoms with Crippen molar-refractivity contribution >= 4 is 6.09 Å². The van der Waals surface area contributed by atoms with Gasteiger partial charge in [-0.05, 0) is 33.6 Å². The van der Waals surface area contributed by atoms with Crippen LogP contribution in [0.2, 0.25) is 0 Å². The van der Waals surface area contributed by atoms with Crippen LogP contribution in [0.15, 0.2) is 41.0 Å². The summed E-state index contributed by atoms with van der Waals surface area (Å²) in [6.45, 7) is 6.28. The molecule has 2 heterocycles. The molecule has 1 aliphatic heterocycles. The number of hydrogen-bond donors (Lipinski definition) is 0. The topological polar surface area (TPSA) is 55.6 Å². The van der Waals surface area contributed by atoms with E-state index in [0.29, 0.717) is 12.4 Å². The van der Waals surface area contributed by atoms with Crippen LogP contribution in [0.3, 0.4) is 0 Å². The van der Waals surface area contributed by atoms with Crippen molar-refractivity contribution in [3.05, 3.63) is 42.5 Å². The number of amides is 1. The molecule has 0 radical (unpaired) electrons. The van der Waals surface area contributed by atoms with E-state index in [2.05, 4.69) is 4.98 Å². The van der Waals surface area contributed by atoms with Crippen LogP contribution in [0, 0.1) is 0 Å². The number of nitrogens with zero attached hydrogens (tertiary/aromatic N) is 2. The zero-order valence-corrected chi connectivity index (χ0v) is 13.8. The van der Waals surface area contributed by atoms with Gasteiger partial charge in [-0.25, -0.2) is 9.78 Å². The summed E-state index contributed by atoms with van der Waals surface area (Å²) in [4.78, 5) is 18.6. The van der Waals surface area contributed by atoms with Crippen LogP contribution in [0.4, 0.5) is 4.79 Å². The third-order valence-corrected chi connectivity index (χ3v) is 3.76. The van der Waals surface area contributed by atoms with E-state index < -0.39 is 5.60 Å². The number of carbonyl (C=O) groups is 1. The predicted molar refractivity (Wildman–Crippen MR) is 86.9 cm³/mol. The Bertz CT molecular complexity index is 673. The quantitative estimate of drug-likeness (QED) is 0.823. The minimum atomic E-state index is -0.504. The first-order chi connectivity index (χ1) is 10.9. The fraction of sp³-hybridized carbons (Fsp3) is 0.444. The zero-order valence-electron chi connectivity index (χ0n) is 13.8. The zero-order chi connectivity index (χ0) is 16.4. The highest BCUT2D eigenvalue weighted by atomic mass is 16.6. The van der Waals surface area contributed by atoms with Gasteiger partial charge in [0.15, 0.2) is 0 Å². The van der Waals surface area contributed by atoms with Gasteiger partial charge in [0, 0.05) is 12.1 Å². The molecule has 23 heavy (non-hydrogen) atoms. The summed E-state index contributed by atoms with van der Waals surface area (Å²) >= 11 is 0. The number of likely N-dealkylation sites (tertiary alicyclic amines) is 1. The lowest BCUT2D eigenvalue weighted by Crippen LogP contribution is -2.36. The molecule has 2 aromatic rings. The molecule has 0 spiro atoms. The van der Waals surface area contributed by atoms with Gasteiger partial charge in [-0.2, -0.15) is 0 Å². The molecule has 1 aromatic heterocycles. The van der Waals surface area contributed by atoms with Crippen molar-refractivity contribution in [2.24, 2.45) is 0 Å². The highest BCUT2D eigenvalue weighted by molar-refractivity contribution is 5.69. The second-order valence-electron chi connectivity index (χ2n) is 6.77. The maximum absolute atomic E-state index is 12.4. The van der Waals surface area contributed by atoms with Gasteiger partial charge in [-0.15, -0.1) is 0 Å². The number of carbonyl (C=O) groups excluding carboxylic acids is 1. The lowest BCUT2D eigenvalue weighted by Gasteiger charge is -2.27. The third kappa shape index (κ3) is 3.55. The number of benzene rings is 1. The van der Waals surface area contributed by atoms with E-state index in [1.54, 1.807) is 11.2 Å². The molecule has 1 atom stereocenters. The lowest BCUT2D eigenvalue weighted by molar-refractivity contribution is 0.0204. The molecule has 122 valence electrons. The summed E-state index contributed by atoms with van der Waals surface area (Å²) in [5, 5.41) is 0. The first kappa shape index (κ1) is 15.6. The van der Waals surface area contributed by atoms with Crippen molar-refractivity contribution in [1.82, 2.24) is 9.88 Å². The molecule has 1 aliphatic rings. The van der Waals surface area contributed by atoms with E-state index in [-0.39, 0.29) is 12.1 Å². The molecule has 3 rings (SSSR count). The van der Waals surface area contributed by atoms with Crippen molar-refractivity contribution in [3.63, 3.8) is 0 Å². The maximum Gasteiger partial charge on any atom is 0.410 e. The predicted octanol–water partition coefficient (Wildman–Crippen LogP) is 4.41. The van der Waals surface area contributed by atoms with Crippen LogP contribution in [0.25, 0.3) is 11.3 Å². The highest BCUT2D eigenvalue weighted by Gasteiger charge is 2.36. The fourth-order valence-corrected chi connectivity index (χ4v) is 2.74. The van der Waals surface area contributed by atoms with Crippen LogP contribution < -0.4 is 0 Å². The Hall–Kier alpha value is -2.30. The fourth-order valence-electron chi connectivity index (χ4n) is 2.74. The van der Waals surface area contributed by atoms with Crippen molar-refractivity contribution in [2.45, 2.75) is 45.3 Å². The standard InChI is InChI=1S/C18H22N2O3/c1-18(2,3)23-17(21)20-11-7-10-15(20)16-19-14(12-22-16)13-8-5-4-6-9-13/h4-6,8-9,12,15H,7,10-11H2,1-3H3/t15-/m0/s1. The number of oxazole rings is 1. The Kier molecular flexibility index (Phi) is 4.11. The largest absolute Gasteiger partial charge is 0.446 e. The first-order valence-corrected chi connectivity index (χ1v) is 7.94. The molecular weight excluding hydrogens is 292 g/mol. The number of hydrogen-bond acceptors (Lipinski definition) is 4. The molecule has 0 unspecified atom stereocenters. The third-order valence-electron chi connectivity index (χ3n) is 3.76. The van der Waals surface area contributed by atoms with Crippen LogP contribution in [-0.2, 0) is 4.74 Å². The lowest BCUT2D eigenvalue weighted by atomic mass is 10.2. The Morgan fingerprint density at radius 3 is 2.74 bits per heavy atom. The number of ether oxygens (including phenoxy) is 1. The molecule has 1 saturated heterocycles. The summed E-state index contributed by atoms with van der Waals surface area (Å²) in [7, 11) is 0. The molecule has 0 aliphatic carbocycles. The van der Waals surface area contributed by atoms with Gasteiger partial charge in [0.2, 0.25) is 5.89 Å². The van der Waals surface area contributed by atoms with Gasteiger partial charge in [-0.3, -0.25) is 4.90 Å². The maximum atomic E-state index is 12.4. The minimum Gasteiger partial charge on any atom is -0.446 e. The monoisotopic (exact) mass is 314 g/mol. The Labute approximate surface area is 136 Å². The summed E-state index contributed by atoms with van der Waals surface area (Å²) in [6, 6.07) is 9.72. The minimum absolute atomic E-state index is 0.151. The molecule has 0 saturated carbocycles. The number of rotatable bonds is 2. The second-order valence-corrected chi connectivity index (χ2v) is 6.77. The van der Waals surface area contributed by atoms with Crippen molar-refractivity contribution in [1.29, 1.82) is 0 Å². The average molecular weight is 314 g/mol. The van der Waals surface area contributed by atoms with E-state index >= 15 is 0 Å². The van der Waals surface area contributed by atoms with Crippen LogP contribution in [0.5, 0.6) is 0 Å². The molecule has 1 fully saturated rings. The molecule has 5 heteroatoms. The summed E-state index contributed by atoms with van der Waals surface area (Å²) in [6.07, 6.45) is 3.11. The van der Waals surface area contributed by atoms with Crippen molar-refractivity contribution in [2.75, 3.05) is 6.54 Å². The van der Waals surface area contributed by atoms with E-state index in [9.17, 15) is 4.79 Å². The van der Waals surface area contributed by atoms with Crippen LogP contribution in [-0.4, -0.2) is 28.1 Å². The van der Waals surface area contributed by atoms with E-state index in [0.717, 1.165) is 24.1 Å². The van der Waals surface area contributed by atoms with Crippen LogP contribution in [0.1, 0.15) is 45.5 Å². The molecular formula is C18H22N2O3. The van der Waals surface area contributed by atoms with Crippen molar-refractivity contribution in [3.8, 4) is 11.3 Å². The molecule has 1 aromatic carbocycles. The molecule has 0 bridgehead atoms. The molecule has 0 N–H and O–H groups in total. The number of aromatic nitrogens is 1. The Balaban J connectivity index is 1.78. The van der Waals surface area contributed by atoms with Crippen LogP contribution >= 0.6 is 0 Å². The van der Waals surface area contributed by atoms with Gasteiger partial charge < -0.3 is 9.15 Å². The van der Waals surface area contributed by atoms with E-state index in [1.165, 1.54) is 0 Å². The van der Waals surface area contributed by atoms with E-state index in [1.807, 2.05) is 51.1 Å². The van der Waals surface area contributed by atoms with Crippen molar-refractivity contribution < 1.29 is 13.9 Å². The SMILES string of the molecule is CC(C)(C)OC(=O)N1CCC[C@H]1c1nc(-c2ccccc2)co1. The highest BCUT2D eigenvalue weighted by Crippen LogP contribution is 2.34. The smallest absolute Gasteiger partial charge is 0.410 e. The van der Waals surface area contributed by atoms with Gasteiger partial charge in [0.05, 0.1) is 0 Å². The summed E-state index contributed by atoms with van der Waals surface area (Å²) in [5.74, 6) is 0.576. The molecule has 1 amide bonds. The molecule has 5 nitrogen and oxygen atoms in total. The Morgan fingerprint density at radius 2 is 2.04 bits per heavy atom. The van der Waals surface area contributed by atoms with Gasteiger partial charge >= 0.3 is 6.09 Å². The second kappa shape index (κ2) is 6.07. The summed E-state index contributed by atoms with van der Waals surface area (Å²) < 4.78 is 11.1.